The maximum atomic E-state index is 13.7. The molecule has 0 saturated carbocycles. The molecule has 0 unspecified atom stereocenters. The van der Waals surface area contributed by atoms with Gasteiger partial charge >= 0.3 is 0 Å². The van der Waals surface area contributed by atoms with Gasteiger partial charge in [0.1, 0.15) is 17.2 Å². The molecular formula is C16H19F2NO3. The first-order valence-corrected chi connectivity index (χ1v) is 7.59. The molecule has 4 nitrogen and oxygen atoms in total. The number of halogens is 2. The lowest BCUT2D eigenvalue weighted by atomic mass is 9.82. The van der Waals surface area contributed by atoms with Crippen molar-refractivity contribution in [3.8, 4) is 0 Å². The molecule has 0 bridgehead atoms. The zero-order chi connectivity index (χ0) is 15.7. The number of likely N-dealkylation sites (tertiary alicyclic amines) is 1. The van der Waals surface area contributed by atoms with E-state index in [2.05, 4.69) is 0 Å². The fourth-order valence-electron chi connectivity index (χ4n) is 3.34. The fourth-order valence-corrected chi connectivity index (χ4v) is 3.34. The van der Waals surface area contributed by atoms with Crippen LogP contribution in [0.4, 0.5) is 8.78 Å². The molecule has 1 spiro atoms. The number of aliphatic hydroxyl groups excluding tert-OH is 1. The summed E-state index contributed by atoms with van der Waals surface area (Å²) in [6.45, 7) is 1.25. The fraction of sp³-hybridized carbons (Fsp3) is 0.562. The second-order valence-corrected chi connectivity index (χ2v) is 5.96. The van der Waals surface area contributed by atoms with Crippen LogP contribution in [0.25, 0.3) is 0 Å². The highest BCUT2D eigenvalue weighted by atomic mass is 19.1. The van der Waals surface area contributed by atoms with Gasteiger partial charge in [-0.15, -0.1) is 0 Å². The highest BCUT2D eigenvalue weighted by Gasteiger charge is 2.44. The maximum Gasteiger partial charge on any atom is 0.259 e. The van der Waals surface area contributed by atoms with Gasteiger partial charge < -0.3 is 14.7 Å². The van der Waals surface area contributed by atoms with Crippen LogP contribution >= 0.6 is 0 Å². The number of piperidine rings is 1. The van der Waals surface area contributed by atoms with Crippen LogP contribution in [0.3, 0.4) is 0 Å². The summed E-state index contributed by atoms with van der Waals surface area (Å²) in [4.78, 5) is 13.8. The molecule has 0 aliphatic carbocycles. The summed E-state index contributed by atoms with van der Waals surface area (Å²) in [5.41, 5.74) is -1.12. The van der Waals surface area contributed by atoms with Crippen molar-refractivity contribution in [2.75, 3.05) is 19.7 Å². The standard InChI is InChI=1S/C16H19F2NO3/c17-11-3-1-4-12(18)14(11)15(21)19-8-6-16(7-9-19)13(20)5-2-10-22-16/h1,3-4,13,20H,2,5-10H2/t13-/m0/s1. The first-order chi connectivity index (χ1) is 10.5. The summed E-state index contributed by atoms with van der Waals surface area (Å²) in [5.74, 6) is -2.34. The molecule has 1 N–H and O–H groups in total. The van der Waals surface area contributed by atoms with Crippen molar-refractivity contribution in [3.05, 3.63) is 35.4 Å². The Hall–Kier alpha value is -1.53. The molecule has 2 heterocycles. The lowest BCUT2D eigenvalue weighted by Gasteiger charge is -2.46. The number of amides is 1. The summed E-state index contributed by atoms with van der Waals surface area (Å²) in [5, 5.41) is 10.2. The lowest BCUT2D eigenvalue weighted by Crippen LogP contribution is -2.56. The molecule has 2 aliphatic heterocycles. The molecule has 1 atom stereocenters. The van der Waals surface area contributed by atoms with Crippen LogP contribution in [0.2, 0.25) is 0 Å². The zero-order valence-electron chi connectivity index (χ0n) is 12.2. The molecule has 2 fully saturated rings. The van der Waals surface area contributed by atoms with E-state index in [1.54, 1.807) is 0 Å². The van der Waals surface area contributed by atoms with Crippen LogP contribution in [0.5, 0.6) is 0 Å². The summed E-state index contributed by atoms with van der Waals surface area (Å²) in [7, 11) is 0. The van der Waals surface area contributed by atoms with E-state index in [0.29, 0.717) is 39.0 Å². The van der Waals surface area contributed by atoms with E-state index < -0.39 is 34.8 Å². The topological polar surface area (TPSA) is 49.8 Å². The Balaban J connectivity index is 1.72. The third-order valence-electron chi connectivity index (χ3n) is 4.69. The number of hydrogen-bond acceptors (Lipinski definition) is 3. The second-order valence-electron chi connectivity index (χ2n) is 5.96. The molecule has 0 aromatic heterocycles. The van der Waals surface area contributed by atoms with Gasteiger partial charge in [0.2, 0.25) is 0 Å². The molecule has 0 radical (unpaired) electrons. The maximum absolute atomic E-state index is 13.7. The third-order valence-corrected chi connectivity index (χ3v) is 4.69. The van der Waals surface area contributed by atoms with E-state index in [-0.39, 0.29) is 0 Å². The first kappa shape index (κ1) is 15.4. The van der Waals surface area contributed by atoms with Gasteiger partial charge in [-0.05, 0) is 37.8 Å². The van der Waals surface area contributed by atoms with Crippen molar-refractivity contribution in [3.63, 3.8) is 0 Å². The van der Waals surface area contributed by atoms with E-state index >= 15 is 0 Å². The highest BCUT2D eigenvalue weighted by molar-refractivity contribution is 5.94. The zero-order valence-corrected chi connectivity index (χ0v) is 12.2. The number of ether oxygens (including phenoxy) is 1. The minimum atomic E-state index is -0.848. The van der Waals surface area contributed by atoms with E-state index in [4.69, 9.17) is 4.74 Å². The molecule has 3 rings (SSSR count). The summed E-state index contributed by atoms with van der Waals surface area (Å²) in [6, 6.07) is 3.39. The van der Waals surface area contributed by atoms with Gasteiger partial charge in [0.25, 0.3) is 5.91 Å². The number of carbonyl (C=O) groups excluding carboxylic acids is 1. The molecule has 1 aromatic rings. The molecule has 2 saturated heterocycles. The number of rotatable bonds is 1. The summed E-state index contributed by atoms with van der Waals surface area (Å²) < 4.78 is 33.2. The van der Waals surface area contributed by atoms with Crippen LogP contribution in [0.1, 0.15) is 36.0 Å². The first-order valence-electron chi connectivity index (χ1n) is 7.59. The van der Waals surface area contributed by atoms with Gasteiger partial charge in [0.05, 0.1) is 11.7 Å². The van der Waals surface area contributed by atoms with Crippen molar-refractivity contribution >= 4 is 5.91 Å². The van der Waals surface area contributed by atoms with E-state index in [9.17, 15) is 18.7 Å². The Bertz CT molecular complexity index is 550. The third kappa shape index (κ3) is 2.61. The normalized spacial score (nSPS) is 24.5. The van der Waals surface area contributed by atoms with Gasteiger partial charge in [-0.25, -0.2) is 8.78 Å². The Kier molecular flexibility index (Phi) is 4.14. The monoisotopic (exact) mass is 311 g/mol. The van der Waals surface area contributed by atoms with E-state index in [1.165, 1.54) is 11.0 Å². The van der Waals surface area contributed by atoms with E-state index in [0.717, 1.165) is 18.6 Å². The van der Waals surface area contributed by atoms with Gasteiger partial charge in [0.15, 0.2) is 0 Å². The van der Waals surface area contributed by atoms with Crippen LogP contribution in [-0.4, -0.2) is 47.3 Å². The SMILES string of the molecule is O=C(c1c(F)cccc1F)N1CCC2(CC1)OCCC[C@@H]2O. The summed E-state index contributed by atoms with van der Waals surface area (Å²) >= 11 is 0. The van der Waals surface area contributed by atoms with Crippen molar-refractivity contribution in [1.82, 2.24) is 4.90 Å². The Morgan fingerprint density at radius 1 is 1.27 bits per heavy atom. The Morgan fingerprint density at radius 3 is 2.50 bits per heavy atom. The van der Waals surface area contributed by atoms with Gasteiger partial charge in [-0.2, -0.15) is 0 Å². The van der Waals surface area contributed by atoms with Gasteiger partial charge in [0, 0.05) is 19.7 Å². The minimum absolute atomic E-state index is 0.323. The van der Waals surface area contributed by atoms with Gasteiger partial charge in [-0.1, -0.05) is 6.07 Å². The Morgan fingerprint density at radius 2 is 1.91 bits per heavy atom. The second kappa shape index (κ2) is 5.93. The molecule has 6 heteroatoms. The molecule has 1 amide bonds. The van der Waals surface area contributed by atoms with Crippen LogP contribution in [-0.2, 0) is 4.74 Å². The largest absolute Gasteiger partial charge is 0.390 e. The van der Waals surface area contributed by atoms with Crippen LogP contribution in [0.15, 0.2) is 18.2 Å². The predicted molar refractivity (Wildman–Crippen MR) is 75.4 cm³/mol. The average Bonchev–Trinajstić information content (AvgIpc) is 2.51. The van der Waals surface area contributed by atoms with Crippen molar-refractivity contribution in [2.24, 2.45) is 0 Å². The summed E-state index contributed by atoms with van der Waals surface area (Å²) in [6.07, 6.45) is 1.94. The number of aliphatic hydroxyl groups is 1. The quantitative estimate of drug-likeness (QED) is 0.864. The van der Waals surface area contributed by atoms with Crippen LogP contribution in [0, 0.1) is 11.6 Å². The number of benzene rings is 1. The molecule has 1 aromatic carbocycles. The molecule has 120 valence electrons. The molecule has 22 heavy (non-hydrogen) atoms. The van der Waals surface area contributed by atoms with E-state index in [1.807, 2.05) is 0 Å². The minimum Gasteiger partial charge on any atom is -0.390 e. The van der Waals surface area contributed by atoms with Crippen LogP contribution < -0.4 is 0 Å². The average molecular weight is 311 g/mol. The lowest BCUT2D eigenvalue weighted by molar-refractivity contribution is -0.174. The highest BCUT2D eigenvalue weighted by Crippen LogP contribution is 2.35. The van der Waals surface area contributed by atoms with Crippen molar-refractivity contribution < 1.29 is 23.4 Å². The number of nitrogens with zero attached hydrogens (tertiary/aromatic N) is 1. The van der Waals surface area contributed by atoms with Crippen molar-refractivity contribution in [1.29, 1.82) is 0 Å². The number of hydrogen-bond donors (Lipinski definition) is 1. The molecular weight excluding hydrogens is 292 g/mol. The predicted octanol–water partition coefficient (Wildman–Crippen LogP) is 2.11. The number of carbonyl (C=O) groups is 1. The Labute approximate surface area is 127 Å². The molecule has 2 aliphatic rings. The van der Waals surface area contributed by atoms with Crippen molar-refractivity contribution in [2.45, 2.75) is 37.4 Å². The smallest absolute Gasteiger partial charge is 0.259 e. The van der Waals surface area contributed by atoms with Gasteiger partial charge in [-0.3, -0.25) is 4.79 Å².